The Labute approximate surface area is 124 Å². The van der Waals surface area contributed by atoms with Gasteiger partial charge in [0.2, 0.25) is 0 Å². The summed E-state index contributed by atoms with van der Waals surface area (Å²) in [6.07, 6.45) is 4.27. The summed E-state index contributed by atoms with van der Waals surface area (Å²) in [5, 5.41) is 3.53. The molecule has 1 aromatic heterocycles. The Bertz CT molecular complexity index is 390. The van der Waals surface area contributed by atoms with Gasteiger partial charge in [-0.3, -0.25) is 0 Å². The van der Waals surface area contributed by atoms with Crippen molar-refractivity contribution < 1.29 is 0 Å². The van der Waals surface area contributed by atoms with E-state index in [0.29, 0.717) is 18.0 Å². The molecule has 3 heteroatoms. The highest BCUT2D eigenvalue weighted by Crippen LogP contribution is 2.20. The van der Waals surface area contributed by atoms with E-state index in [2.05, 4.69) is 69.0 Å². The molecule has 0 aliphatic rings. The van der Waals surface area contributed by atoms with E-state index in [0.717, 1.165) is 18.8 Å². The molecule has 0 aliphatic carbocycles. The molecule has 1 N–H and O–H groups in total. The van der Waals surface area contributed by atoms with Gasteiger partial charge in [0.05, 0.1) is 0 Å². The molecule has 0 saturated heterocycles. The number of nitrogens with zero attached hydrogens (tertiary/aromatic N) is 2. The molecule has 1 rings (SSSR count). The summed E-state index contributed by atoms with van der Waals surface area (Å²) in [4.78, 5) is 6.82. The van der Waals surface area contributed by atoms with E-state index in [4.69, 9.17) is 0 Å². The van der Waals surface area contributed by atoms with Crippen molar-refractivity contribution in [3.05, 3.63) is 23.9 Å². The Morgan fingerprint density at radius 3 is 2.55 bits per heavy atom. The van der Waals surface area contributed by atoms with Crippen LogP contribution >= 0.6 is 0 Å². The van der Waals surface area contributed by atoms with Gasteiger partial charge in [0.1, 0.15) is 5.82 Å². The lowest BCUT2D eigenvalue weighted by molar-refractivity contribution is 0.501. The summed E-state index contributed by atoms with van der Waals surface area (Å²) in [7, 11) is 2.14. The molecule has 0 saturated carbocycles. The average Bonchev–Trinajstić information content (AvgIpc) is 2.43. The lowest BCUT2D eigenvalue weighted by Gasteiger charge is -2.28. The SMILES string of the molecule is CCCNC(C)c1ccnc(N(C)C(C)CC(C)C)c1. The van der Waals surface area contributed by atoms with Gasteiger partial charge in [-0.1, -0.05) is 20.8 Å². The molecule has 0 radical (unpaired) electrons. The summed E-state index contributed by atoms with van der Waals surface area (Å²) < 4.78 is 0. The second kappa shape index (κ2) is 8.25. The van der Waals surface area contributed by atoms with Crippen LogP contribution in [0.5, 0.6) is 0 Å². The maximum Gasteiger partial charge on any atom is 0.128 e. The zero-order valence-electron chi connectivity index (χ0n) is 14.0. The van der Waals surface area contributed by atoms with Crippen molar-refractivity contribution in [1.82, 2.24) is 10.3 Å². The van der Waals surface area contributed by atoms with Crippen LogP contribution in [-0.2, 0) is 0 Å². The number of hydrogen-bond donors (Lipinski definition) is 1. The number of hydrogen-bond acceptors (Lipinski definition) is 3. The Morgan fingerprint density at radius 2 is 1.95 bits per heavy atom. The fourth-order valence-corrected chi connectivity index (χ4v) is 2.44. The third kappa shape index (κ3) is 5.12. The minimum absolute atomic E-state index is 0.380. The molecule has 0 spiro atoms. The monoisotopic (exact) mass is 277 g/mol. The molecule has 0 fully saturated rings. The van der Waals surface area contributed by atoms with Crippen LogP contribution in [0.4, 0.5) is 5.82 Å². The minimum atomic E-state index is 0.380. The third-order valence-corrected chi connectivity index (χ3v) is 3.81. The fourth-order valence-electron chi connectivity index (χ4n) is 2.44. The topological polar surface area (TPSA) is 28.2 Å². The average molecular weight is 277 g/mol. The van der Waals surface area contributed by atoms with E-state index < -0.39 is 0 Å². The van der Waals surface area contributed by atoms with Crippen molar-refractivity contribution in [2.75, 3.05) is 18.5 Å². The van der Waals surface area contributed by atoms with Crippen LogP contribution in [0.25, 0.3) is 0 Å². The summed E-state index contributed by atoms with van der Waals surface area (Å²) in [6.45, 7) is 12.3. The number of anilines is 1. The zero-order chi connectivity index (χ0) is 15.1. The number of pyridine rings is 1. The minimum Gasteiger partial charge on any atom is -0.357 e. The summed E-state index contributed by atoms with van der Waals surface area (Å²) in [5.41, 5.74) is 1.31. The molecule has 1 aromatic rings. The predicted octanol–water partition coefficient (Wildman–Crippen LogP) is 4.01. The van der Waals surface area contributed by atoms with Crippen molar-refractivity contribution in [2.24, 2.45) is 5.92 Å². The highest BCUT2D eigenvalue weighted by Gasteiger charge is 2.14. The predicted molar refractivity (Wildman–Crippen MR) is 88.3 cm³/mol. The molecular formula is C17H31N3. The zero-order valence-corrected chi connectivity index (χ0v) is 14.0. The van der Waals surface area contributed by atoms with Crippen LogP contribution in [0.2, 0.25) is 0 Å². The standard InChI is InChI=1S/C17H31N3/c1-7-9-18-15(5)16-8-10-19-17(12-16)20(6)14(4)11-13(2)3/h8,10,12-15,18H,7,9,11H2,1-6H3. The Kier molecular flexibility index (Phi) is 7.00. The summed E-state index contributed by atoms with van der Waals surface area (Å²) in [5.74, 6) is 1.78. The van der Waals surface area contributed by atoms with Crippen molar-refractivity contribution in [3.63, 3.8) is 0 Å². The normalized spacial score (nSPS) is 14.3. The number of nitrogens with one attached hydrogen (secondary N) is 1. The van der Waals surface area contributed by atoms with Crippen molar-refractivity contribution in [2.45, 2.75) is 59.5 Å². The van der Waals surface area contributed by atoms with Crippen LogP contribution in [-0.4, -0.2) is 24.6 Å². The molecule has 0 aliphatic heterocycles. The molecule has 1 heterocycles. The quantitative estimate of drug-likeness (QED) is 0.778. The van der Waals surface area contributed by atoms with Gasteiger partial charge in [0.15, 0.2) is 0 Å². The van der Waals surface area contributed by atoms with Gasteiger partial charge >= 0.3 is 0 Å². The Morgan fingerprint density at radius 1 is 1.25 bits per heavy atom. The Balaban J connectivity index is 2.76. The second-order valence-corrected chi connectivity index (χ2v) is 6.21. The van der Waals surface area contributed by atoms with Crippen LogP contribution < -0.4 is 10.2 Å². The van der Waals surface area contributed by atoms with Gasteiger partial charge in [-0.05, 0) is 56.8 Å². The highest BCUT2D eigenvalue weighted by atomic mass is 15.2. The van der Waals surface area contributed by atoms with Crippen molar-refractivity contribution in [3.8, 4) is 0 Å². The molecule has 0 amide bonds. The fraction of sp³-hybridized carbons (Fsp3) is 0.706. The maximum atomic E-state index is 4.53. The number of aromatic nitrogens is 1. The van der Waals surface area contributed by atoms with E-state index in [-0.39, 0.29) is 0 Å². The van der Waals surface area contributed by atoms with Gasteiger partial charge in [0, 0.05) is 25.3 Å². The van der Waals surface area contributed by atoms with Crippen LogP contribution in [0.15, 0.2) is 18.3 Å². The summed E-state index contributed by atoms with van der Waals surface area (Å²) >= 11 is 0. The van der Waals surface area contributed by atoms with Gasteiger partial charge in [-0.15, -0.1) is 0 Å². The molecular weight excluding hydrogens is 246 g/mol. The lowest BCUT2D eigenvalue weighted by Crippen LogP contribution is -2.31. The largest absolute Gasteiger partial charge is 0.357 e. The highest BCUT2D eigenvalue weighted by molar-refractivity contribution is 5.41. The first-order chi connectivity index (χ1) is 9.45. The van der Waals surface area contributed by atoms with E-state index in [1.807, 2.05) is 6.20 Å². The molecule has 0 bridgehead atoms. The van der Waals surface area contributed by atoms with Gasteiger partial charge in [-0.25, -0.2) is 4.98 Å². The molecule has 2 atom stereocenters. The van der Waals surface area contributed by atoms with Crippen molar-refractivity contribution >= 4 is 5.82 Å². The molecule has 114 valence electrons. The van der Waals surface area contributed by atoms with Gasteiger partial charge < -0.3 is 10.2 Å². The summed E-state index contributed by atoms with van der Waals surface area (Å²) in [6, 6.07) is 5.21. The van der Waals surface area contributed by atoms with E-state index in [1.54, 1.807) is 0 Å². The second-order valence-electron chi connectivity index (χ2n) is 6.21. The smallest absolute Gasteiger partial charge is 0.128 e. The lowest BCUT2D eigenvalue weighted by atomic mass is 10.0. The van der Waals surface area contributed by atoms with Crippen LogP contribution in [0.3, 0.4) is 0 Å². The first kappa shape index (κ1) is 17.0. The Hall–Kier alpha value is -1.09. The van der Waals surface area contributed by atoms with Gasteiger partial charge in [0.25, 0.3) is 0 Å². The third-order valence-electron chi connectivity index (χ3n) is 3.81. The number of rotatable bonds is 8. The van der Waals surface area contributed by atoms with Gasteiger partial charge in [-0.2, -0.15) is 0 Å². The molecule has 3 nitrogen and oxygen atoms in total. The van der Waals surface area contributed by atoms with Crippen LogP contribution in [0.1, 0.15) is 59.1 Å². The maximum absolute atomic E-state index is 4.53. The van der Waals surface area contributed by atoms with E-state index in [1.165, 1.54) is 12.0 Å². The molecule has 2 unspecified atom stereocenters. The van der Waals surface area contributed by atoms with Crippen molar-refractivity contribution in [1.29, 1.82) is 0 Å². The first-order valence-corrected chi connectivity index (χ1v) is 7.87. The van der Waals surface area contributed by atoms with E-state index in [9.17, 15) is 0 Å². The molecule has 20 heavy (non-hydrogen) atoms. The first-order valence-electron chi connectivity index (χ1n) is 7.87. The van der Waals surface area contributed by atoms with E-state index >= 15 is 0 Å². The molecule has 0 aromatic carbocycles. The van der Waals surface area contributed by atoms with Crippen LogP contribution in [0, 0.1) is 5.92 Å².